The molecule has 2 spiro atoms. The first-order valence-corrected chi connectivity index (χ1v) is 24.9. The summed E-state index contributed by atoms with van der Waals surface area (Å²) < 4.78 is 87.7. The van der Waals surface area contributed by atoms with Gasteiger partial charge in [0.25, 0.3) is 0 Å². The first kappa shape index (κ1) is 51.6. The first-order valence-electron chi connectivity index (χ1n) is 24.9. The fraction of sp³-hybridized carbons (Fsp3) is 0.481. The Morgan fingerprint density at radius 3 is 1.62 bits per heavy atom. The number of aromatic nitrogens is 2. The lowest BCUT2D eigenvalue weighted by atomic mass is 9.85. The molecule has 4 aromatic rings. The SMILES string of the molecule is C=C(c1nc(/C=C/CNC(=O)C2CC2)cc2c(NC3CCC4(CCNC4)C3)cccc12)C(F)(F)F.C=C(c1nc(/C=C/CNC(=O)C2CC2)cc2c(NC3COC4(CNC4)C3)cccc12)C(F)(F)F.CC. The van der Waals surface area contributed by atoms with Gasteiger partial charge in [-0.25, -0.2) is 9.97 Å². The molecule has 17 heteroatoms. The van der Waals surface area contributed by atoms with E-state index in [1.165, 1.54) is 6.42 Å². The summed E-state index contributed by atoms with van der Waals surface area (Å²) in [5, 5.41) is 21.5. The van der Waals surface area contributed by atoms with Crippen molar-refractivity contribution in [1.29, 1.82) is 0 Å². The zero-order valence-electron chi connectivity index (χ0n) is 40.4. The molecule has 3 atom stereocenters. The normalized spacial score (nSPS) is 22.5. The molecule has 3 saturated heterocycles. The van der Waals surface area contributed by atoms with E-state index in [9.17, 15) is 35.9 Å². The smallest absolute Gasteiger partial charge is 0.382 e. The Kier molecular flexibility index (Phi) is 15.6. The minimum absolute atomic E-state index is 0.00645. The summed E-state index contributed by atoms with van der Waals surface area (Å²) in [5.41, 5.74) is 0.180. The van der Waals surface area contributed by atoms with Gasteiger partial charge in [0, 0.05) is 89.9 Å². The maximum absolute atomic E-state index is 13.6. The van der Waals surface area contributed by atoms with E-state index < -0.39 is 23.5 Å². The quantitative estimate of drug-likeness (QED) is 0.0682. The molecule has 10 rings (SSSR count). The summed E-state index contributed by atoms with van der Waals surface area (Å²) >= 11 is 0. The number of fused-ring (bicyclic) bond motifs is 2. The Hall–Kier alpha value is -5.78. The molecule has 3 aliphatic heterocycles. The number of ether oxygens (including phenoxy) is 1. The number of alkyl halides is 6. The lowest BCUT2D eigenvalue weighted by Gasteiger charge is -2.38. The molecule has 11 nitrogen and oxygen atoms in total. The van der Waals surface area contributed by atoms with Gasteiger partial charge < -0.3 is 36.6 Å². The number of amides is 2. The van der Waals surface area contributed by atoms with Crippen LogP contribution >= 0.6 is 0 Å². The van der Waals surface area contributed by atoms with Crippen LogP contribution in [-0.4, -0.2) is 97.7 Å². The molecular formula is C54H64F6N8O3. The summed E-state index contributed by atoms with van der Waals surface area (Å²) in [4.78, 5) is 32.2. The van der Waals surface area contributed by atoms with Crippen molar-refractivity contribution < 1.29 is 40.7 Å². The number of hydrogen-bond acceptors (Lipinski definition) is 9. The van der Waals surface area contributed by atoms with Crippen molar-refractivity contribution >= 4 is 68.0 Å². The van der Waals surface area contributed by atoms with E-state index >= 15 is 0 Å². The highest BCUT2D eigenvalue weighted by atomic mass is 19.4. The zero-order valence-corrected chi connectivity index (χ0v) is 40.4. The second-order valence-corrected chi connectivity index (χ2v) is 19.5. The van der Waals surface area contributed by atoms with E-state index in [0.29, 0.717) is 58.0 Å². The number of benzene rings is 2. The van der Waals surface area contributed by atoms with E-state index in [4.69, 9.17) is 4.74 Å². The predicted molar refractivity (Wildman–Crippen MR) is 269 cm³/mol. The van der Waals surface area contributed by atoms with Gasteiger partial charge >= 0.3 is 12.4 Å². The van der Waals surface area contributed by atoms with E-state index in [-0.39, 0.29) is 52.7 Å². The highest BCUT2D eigenvalue weighted by Gasteiger charge is 2.46. The molecular weight excluding hydrogens is 923 g/mol. The molecule has 3 saturated carbocycles. The van der Waals surface area contributed by atoms with Gasteiger partial charge in [-0.15, -0.1) is 0 Å². The number of carbonyl (C=O) groups is 2. The second-order valence-electron chi connectivity index (χ2n) is 19.5. The van der Waals surface area contributed by atoms with Gasteiger partial charge in [0.15, 0.2) is 0 Å². The van der Waals surface area contributed by atoms with Crippen LogP contribution in [0.3, 0.4) is 0 Å². The summed E-state index contributed by atoms with van der Waals surface area (Å²) in [6.07, 6.45) is 6.41. The van der Waals surface area contributed by atoms with Crippen molar-refractivity contribution in [3.63, 3.8) is 0 Å². The molecule has 0 bridgehead atoms. The molecule has 380 valence electrons. The van der Waals surface area contributed by atoms with E-state index in [2.05, 4.69) is 55.0 Å². The number of rotatable bonds is 14. The van der Waals surface area contributed by atoms with Crippen LogP contribution in [0.4, 0.5) is 37.7 Å². The number of hydrogen-bond donors (Lipinski definition) is 6. The Labute approximate surface area is 410 Å². The fourth-order valence-electron chi connectivity index (χ4n) is 9.94. The minimum atomic E-state index is -4.60. The third-order valence-electron chi connectivity index (χ3n) is 14.2. The van der Waals surface area contributed by atoms with Crippen LogP contribution in [0.1, 0.15) is 94.4 Å². The van der Waals surface area contributed by atoms with Crippen molar-refractivity contribution in [1.82, 2.24) is 31.2 Å². The van der Waals surface area contributed by atoms with Gasteiger partial charge in [-0.05, 0) is 99.7 Å². The number of halogens is 6. The number of allylic oxidation sites excluding steroid dienone is 2. The molecule has 3 aliphatic carbocycles. The fourth-order valence-corrected chi connectivity index (χ4v) is 9.94. The molecule has 6 N–H and O–H groups in total. The Morgan fingerprint density at radius 2 is 1.20 bits per heavy atom. The molecule has 2 amide bonds. The number of anilines is 2. The molecule has 3 unspecified atom stereocenters. The van der Waals surface area contributed by atoms with Gasteiger partial charge in [0.05, 0.1) is 52.2 Å². The predicted octanol–water partition coefficient (Wildman–Crippen LogP) is 10.2. The lowest BCUT2D eigenvalue weighted by molar-refractivity contribution is -0.122. The zero-order chi connectivity index (χ0) is 50.6. The molecule has 2 aromatic carbocycles. The molecule has 2 aromatic heterocycles. The summed E-state index contributed by atoms with van der Waals surface area (Å²) in [7, 11) is 0. The van der Waals surface area contributed by atoms with Crippen LogP contribution in [0, 0.1) is 17.3 Å². The minimum Gasteiger partial charge on any atom is -0.382 e. The standard InChI is InChI=1S/C27H31F3N4O.C25H27F3N4O2.C2H6/c1-17(27(28,29)30)24-21-5-2-6-23(33-20-9-10-26(15-20)11-13-31-16-26)22(21)14-19(34-24)4-3-12-32-25(35)18-7-8-18;1-15(25(26,27)28)22-19-5-2-6-21(31-18-11-24(34-12-18)13-29-14-24)20(19)10-17(32-22)4-3-9-30-23(33)16-7-8-16;1-2/h2-6,14,18,20,31,33H,1,7-13,15-16H2,(H,32,35);2-6,10,16,18,29,31H,1,7-9,11-14H2,(H,30,33);1-2H3/b2*4-3+;. The van der Waals surface area contributed by atoms with Crippen LogP contribution in [0.25, 0.3) is 44.8 Å². The van der Waals surface area contributed by atoms with Gasteiger partial charge in [0.1, 0.15) is 0 Å². The third-order valence-corrected chi connectivity index (χ3v) is 14.2. The topological polar surface area (TPSA) is 141 Å². The number of nitrogens with zero attached hydrogens (tertiary/aromatic N) is 2. The van der Waals surface area contributed by atoms with Gasteiger partial charge in [-0.1, -0.05) is 63.4 Å². The van der Waals surface area contributed by atoms with Gasteiger partial charge in [-0.2, -0.15) is 26.3 Å². The monoisotopic (exact) mass is 987 g/mol. The van der Waals surface area contributed by atoms with Gasteiger partial charge in [0.2, 0.25) is 11.8 Å². The lowest BCUT2D eigenvalue weighted by Crippen LogP contribution is -2.59. The Bertz CT molecular complexity index is 2680. The van der Waals surface area contributed by atoms with Crippen LogP contribution < -0.4 is 31.9 Å². The molecule has 0 radical (unpaired) electrons. The maximum atomic E-state index is 13.6. The molecule has 6 fully saturated rings. The highest BCUT2D eigenvalue weighted by Crippen LogP contribution is 2.45. The molecule has 71 heavy (non-hydrogen) atoms. The average Bonchev–Trinajstić information content (AvgIpc) is 4.26. The van der Waals surface area contributed by atoms with E-state index in [1.807, 2.05) is 32.0 Å². The second kappa shape index (κ2) is 21.5. The van der Waals surface area contributed by atoms with Gasteiger partial charge in [-0.3, -0.25) is 9.59 Å². The van der Waals surface area contributed by atoms with Crippen molar-refractivity contribution in [2.45, 2.75) is 102 Å². The summed E-state index contributed by atoms with van der Waals surface area (Å²) in [6.45, 7) is 15.5. The molecule has 5 heterocycles. The first-order chi connectivity index (χ1) is 34.0. The average molecular weight is 987 g/mol. The van der Waals surface area contributed by atoms with Crippen LogP contribution in [0.2, 0.25) is 0 Å². The van der Waals surface area contributed by atoms with Crippen molar-refractivity contribution in [2.24, 2.45) is 17.3 Å². The number of carbonyl (C=O) groups excluding carboxylic acids is 2. The van der Waals surface area contributed by atoms with E-state index in [1.54, 1.807) is 54.6 Å². The van der Waals surface area contributed by atoms with Crippen molar-refractivity contribution in [3.8, 4) is 0 Å². The largest absolute Gasteiger partial charge is 0.417 e. The van der Waals surface area contributed by atoms with Crippen molar-refractivity contribution in [3.05, 3.63) is 96.6 Å². The summed E-state index contributed by atoms with van der Waals surface area (Å²) in [5.74, 6) is 0.224. The van der Waals surface area contributed by atoms with Crippen LogP contribution in [0.15, 0.2) is 73.8 Å². The van der Waals surface area contributed by atoms with Crippen LogP contribution in [-0.2, 0) is 14.3 Å². The third kappa shape index (κ3) is 12.5. The Morgan fingerprint density at radius 1 is 0.690 bits per heavy atom. The van der Waals surface area contributed by atoms with E-state index in [0.717, 1.165) is 88.9 Å². The molecule has 6 aliphatic rings. The number of nitrogens with one attached hydrogen (secondary N) is 6. The Balaban J connectivity index is 0.000000184. The maximum Gasteiger partial charge on any atom is 0.417 e. The van der Waals surface area contributed by atoms with Crippen LogP contribution in [0.5, 0.6) is 0 Å². The highest BCUT2D eigenvalue weighted by molar-refractivity contribution is 6.02. The summed E-state index contributed by atoms with van der Waals surface area (Å²) in [6, 6.07) is 14.5. The van der Waals surface area contributed by atoms with Crippen molar-refractivity contribution in [2.75, 3.05) is 56.5 Å². The number of pyridine rings is 2.